The van der Waals surface area contributed by atoms with E-state index >= 15 is 0 Å². The van der Waals surface area contributed by atoms with Crippen molar-refractivity contribution in [2.24, 2.45) is 0 Å². The standard InChI is InChI=1S/C25H33N7O4/c1-25(2,3)36-19(33)8-6-5-7-13-35-23(34)16-9-11-18(12-10-16)32(4)15-17-14-28-22-20(29-17)21(26)30-24(27)31-22/h9-12,14H,5-8,13,15H2,1-4H3,(H4,26,27,28,30,31). The SMILES string of the molecule is CN(Cc1cnc2nc(N)nc(N)c2n1)c1ccc(C(=O)OCCCCCC(=O)OC(C)(C)C)cc1. The lowest BCUT2D eigenvalue weighted by atomic mass is 10.1. The van der Waals surface area contributed by atoms with E-state index < -0.39 is 5.60 Å². The molecule has 0 fully saturated rings. The first-order valence-corrected chi connectivity index (χ1v) is 11.8. The molecule has 0 spiro atoms. The van der Waals surface area contributed by atoms with Crippen LogP contribution in [-0.4, -0.2) is 51.1 Å². The van der Waals surface area contributed by atoms with Gasteiger partial charge in [-0.15, -0.1) is 0 Å². The fourth-order valence-corrected chi connectivity index (χ4v) is 3.43. The predicted molar refractivity (Wildman–Crippen MR) is 137 cm³/mol. The van der Waals surface area contributed by atoms with Gasteiger partial charge in [0.15, 0.2) is 17.0 Å². The third kappa shape index (κ3) is 7.76. The average Bonchev–Trinajstić information content (AvgIpc) is 2.80. The number of hydrogen-bond acceptors (Lipinski definition) is 11. The van der Waals surface area contributed by atoms with Crippen molar-refractivity contribution in [3.05, 3.63) is 41.7 Å². The van der Waals surface area contributed by atoms with Crippen LogP contribution in [0.25, 0.3) is 11.2 Å². The van der Waals surface area contributed by atoms with Gasteiger partial charge in [-0.05, 0) is 64.3 Å². The maximum atomic E-state index is 12.3. The number of nitrogens with two attached hydrogens (primary N) is 2. The van der Waals surface area contributed by atoms with Crippen LogP contribution in [-0.2, 0) is 20.8 Å². The van der Waals surface area contributed by atoms with Crippen LogP contribution >= 0.6 is 0 Å². The second-order valence-corrected chi connectivity index (χ2v) is 9.44. The summed E-state index contributed by atoms with van der Waals surface area (Å²) in [6.07, 6.45) is 4.14. The molecular formula is C25H33N7O4. The number of ether oxygens (including phenoxy) is 2. The largest absolute Gasteiger partial charge is 0.462 e. The molecule has 0 aliphatic carbocycles. The van der Waals surface area contributed by atoms with Gasteiger partial charge in [-0.25, -0.2) is 14.8 Å². The minimum Gasteiger partial charge on any atom is -0.462 e. The van der Waals surface area contributed by atoms with Gasteiger partial charge >= 0.3 is 11.9 Å². The molecule has 11 heteroatoms. The highest BCUT2D eigenvalue weighted by Gasteiger charge is 2.16. The van der Waals surface area contributed by atoms with Crippen LogP contribution in [0.15, 0.2) is 30.5 Å². The number of rotatable bonds is 10. The fraction of sp³-hybridized carbons (Fsp3) is 0.440. The number of nitrogen functional groups attached to an aromatic ring is 2. The third-order valence-corrected chi connectivity index (χ3v) is 5.12. The Bertz CT molecular complexity index is 1210. The lowest BCUT2D eigenvalue weighted by Crippen LogP contribution is -2.23. The molecule has 192 valence electrons. The summed E-state index contributed by atoms with van der Waals surface area (Å²) in [4.78, 5) is 42.7. The van der Waals surface area contributed by atoms with Crippen molar-refractivity contribution in [3.8, 4) is 0 Å². The Hall–Kier alpha value is -4.02. The zero-order valence-corrected chi connectivity index (χ0v) is 21.2. The van der Waals surface area contributed by atoms with Crippen molar-refractivity contribution in [3.63, 3.8) is 0 Å². The van der Waals surface area contributed by atoms with E-state index in [9.17, 15) is 9.59 Å². The molecular weight excluding hydrogens is 462 g/mol. The molecule has 0 radical (unpaired) electrons. The summed E-state index contributed by atoms with van der Waals surface area (Å²) in [5, 5.41) is 0. The van der Waals surface area contributed by atoms with Crippen LogP contribution in [0.4, 0.5) is 17.5 Å². The van der Waals surface area contributed by atoms with Crippen LogP contribution in [0.5, 0.6) is 0 Å². The molecule has 0 amide bonds. The Balaban J connectivity index is 1.45. The van der Waals surface area contributed by atoms with Crippen molar-refractivity contribution < 1.29 is 19.1 Å². The molecule has 3 rings (SSSR count). The third-order valence-electron chi connectivity index (χ3n) is 5.12. The Kier molecular flexibility index (Phi) is 8.57. The molecule has 0 unspecified atom stereocenters. The Morgan fingerprint density at radius 2 is 1.72 bits per heavy atom. The van der Waals surface area contributed by atoms with Crippen molar-refractivity contribution in [1.82, 2.24) is 19.9 Å². The highest BCUT2D eigenvalue weighted by molar-refractivity contribution is 5.89. The first-order chi connectivity index (χ1) is 17.0. The van der Waals surface area contributed by atoms with E-state index in [1.807, 2.05) is 44.9 Å². The second kappa shape index (κ2) is 11.6. The average molecular weight is 496 g/mol. The molecule has 0 aliphatic rings. The van der Waals surface area contributed by atoms with Crippen LogP contribution < -0.4 is 16.4 Å². The zero-order chi connectivity index (χ0) is 26.3. The van der Waals surface area contributed by atoms with Gasteiger partial charge in [0.25, 0.3) is 0 Å². The first kappa shape index (κ1) is 26.6. The van der Waals surface area contributed by atoms with E-state index in [-0.39, 0.29) is 23.7 Å². The number of anilines is 3. The molecule has 0 atom stereocenters. The predicted octanol–water partition coefficient (Wildman–Crippen LogP) is 3.28. The van der Waals surface area contributed by atoms with Crippen LogP contribution in [0.1, 0.15) is 62.5 Å². The van der Waals surface area contributed by atoms with Crippen LogP contribution in [0.2, 0.25) is 0 Å². The summed E-state index contributed by atoms with van der Waals surface area (Å²) >= 11 is 0. The van der Waals surface area contributed by atoms with E-state index in [4.69, 9.17) is 20.9 Å². The molecule has 3 aromatic rings. The van der Waals surface area contributed by atoms with Gasteiger partial charge in [0, 0.05) is 19.2 Å². The second-order valence-electron chi connectivity index (χ2n) is 9.44. The van der Waals surface area contributed by atoms with Gasteiger partial charge in [-0.2, -0.15) is 9.97 Å². The summed E-state index contributed by atoms with van der Waals surface area (Å²) < 4.78 is 10.6. The Labute approximate surface area is 210 Å². The summed E-state index contributed by atoms with van der Waals surface area (Å²) in [7, 11) is 1.90. The highest BCUT2D eigenvalue weighted by Crippen LogP contribution is 2.19. The summed E-state index contributed by atoms with van der Waals surface area (Å²) in [6, 6.07) is 7.11. The number of esters is 2. The zero-order valence-electron chi connectivity index (χ0n) is 21.2. The Morgan fingerprint density at radius 3 is 2.42 bits per heavy atom. The number of hydrogen-bond donors (Lipinski definition) is 2. The molecule has 36 heavy (non-hydrogen) atoms. The number of carbonyl (C=O) groups excluding carboxylic acids is 2. The number of aromatic nitrogens is 4. The fourth-order valence-electron chi connectivity index (χ4n) is 3.43. The lowest BCUT2D eigenvalue weighted by molar-refractivity contribution is -0.154. The topological polar surface area (TPSA) is 159 Å². The van der Waals surface area contributed by atoms with Gasteiger partial charge < -0.3 is 25.8 Å². The number of unbranched alkanes of at least 4 members (excludes halogenated alkanes) is 2. The maximum absolute atomic E-state index is 12.3. The molecule has 4 N–H and O–H groups in total. The smallest absolute Gasteiger partial charge is 0.338 e. The quantitative estimate of drug-likeness (QED) is 0.314. The van der Waals surface area contributed by atoms with E-state index in [0.29, 0.717) is 54.8 Å². The molecule has 0 saturated carbocycles. The van der Waals surface area contributed by atoms with E-state index in [0.717, 1.165) is 12.1 Å². The summed E-state index contributed by atoms with van der Waals surface area (Å²) in [6.45, 7) is 6.29. The van der Waals surface area contributed by atoms with Crippen molar-refractivity contribution in [2.45, 2.75) is 58.6 Å². The molecule has 0 aliphatic heterocycles. The molecule has 0 saturated heterocycles. The molecule has 1 aromatic carbocycles. The molecule has 2 aromatic heterocycles. The van der Waals surface area contributed by atoms with Crippen molar-refractivity contribution in [1.29, 1.82) is 0 Å². The number of carbonyl (C=O) groups is 2. The lowest BCUT2D eigenvalue weighted by Gasteiger charge is -2.19. The Morgan fingerprint density at radius 1 is 1.00 bits per heavy atom. The van der Waals surface area contributed by atoms with Crippen molar-refractivity contribution >= 4 is 40.6 Å². The van der Waals surface area contributed by atoms with E-state index in [1.165, 1.54) is 0 Å². The van der Waals surface area contributed by atoms with Gasteiger partial charge in [0.05, 0.1) is 30.6 Å². The summed E-state index contributed by atoms with van der Waals surface area (Å²) in [5.74, 6) is -0.358. The monoisotopic (exact) mass is 495 g/mol. The number of nitrogens with zero attached hydrogens (tertiary/aromatic N) is 5. The number of fused-ring (bicyclic) bond motifs is 1. The van der Waals surface area contributed by atoms with E-state index in [1.54, 1.807) is 18.3 Å². The minimum atomic E-state index is -0.471. The van der Waals surface area contributed by atoms with Gasteiger partial charge in [0.1, 0.15) is 5.60 Å². The van der Waals surface area contributed by atoms with Crippen LogP contribution in [0, 0.1) is 0 Å². The summed E-state index contributed by atoms with van der Waals surface area (Å²) in [5.41, 5.74) is 13.8. The normalized spacial score (nSPS) is 11.3. The van der Waals surface area contributed by atoms with Gasteiger partial charge in [0.2, 0.25) is 5.95 Å². The number of benzene rings is 1. The first-order valence-electron chi connectivity index (χ1n) is 11.8. The highest BCUT2D eigenvalue weighted by atomic mass is 16.6. The van der Waals surface area contributed by atoms with Gasteiger partial charge in [-0.1, -0.05) is 0 Å². The minimum absolute atomic E-state index is 0.0518. The van der Waals surface area contributed by atoms with Gasteiger partial charge in [-0.3, -0.25) is 4.79 Å². The molecule has 2 heterocycles. The van der Waals surface area contributed by atoms with Crippen LogP contribution in [0.3, 0.4) is 0 Å². The van der Waals surface area contributed by atoms with Crippen molar-refractivity contribution in [2.75, 3.05) is 30.0 Å². The molecule has 0 bridgehead atoms. The maximum Gasteiger partial charge on any atom is 0.338 e. The van der Waals surface area contributed by atoms with E-state index in [2.05, 4.69) is 19.9 Å². The molecule has 11 nitrogen and oxygen atoms in total.